The van der Waals surface area contributed by atoms with Crippen molar-refractivity contribution in [2.75, 3.05) is 0 Å². The number of hydrogen-bond donors (Lipinski definition) is 2. The van der Waals surface area contributed by atoms with E-state index in [9.17, 15) is 10.0 Å². The minimum Gasteiger partial charge on any atom is -0.423 e. The van der Waals surface area contributed by atoms with Crippen molar-refractivity contribution in [2.24, 2.45) is 0 Å². The van der Waals surface area contributed by atoms with Crippen molar-refractivity contribution < 1.29 is 10.0 Å². The van der Waals surface area contributed by atoms with Gasteiger partial charge in [-0.15, -0.1) is 0 Å². The van der Waals surface area contributed by atoms with Crippen LogP contribution in [0.2, 0.25) is 0 Å². The smallest absolute Gasteiger partial charge is 0.423 e. The minimum atomic E-state index is -1.54. The predicted octanol–water partition coefficient (Wildman–Crippen LogP) is 2.55. The van der Waals surface area contributed by atoms with E-state index < -0.39 is 7.12 Å². The second kappa shape index (κ2) is 7.49. The molecular formula is C21H16BN3O2. The second-order valence-electron chi connectivity index (χ2n) is 6.01. The quantitative estimate of drug-likeness (QED) is 0.552. The lowest BCUT2D eigenvalue weighted by Crippen LogP contribution is -2.31. The Morgan fingerprint density at radius 3 is 2.11 bits per heavy atom. The van der Waals surface area contributed by atoms with Crippen LogP contribution in [0.3, 0.4) is 0 Å². The molecule has 0 saturated heterocycles. The lowest BCUT2D eigenvalue weighted by molar-refractivity contribution is 0.426. The number of nitrogens with zero attached hydrogens (tertiary/aromatic N) is 3. The molecule has 5 nitrogen and oxygen atoms in total. The molecule has 6 heteroatoms. The molecule has 0 aliphatic carbocycles. The average Bonchev–Trinajstić information content (AvgIpc) is 2.74. The van der Waals surface area contributed by atoms with Gasteiger partial charge in [-0.1, -0.05) is 36.4 Å². The van der Waals surface area contributed by atoms with Crippen molar-refractivity contribution in [2.45, 2.75) is 0 Å². The van der Waals surface area contributed by atoms with E-state index in [1.54, 1.807) is 24.5 Å². The molecule has 0 aliphatic heterocycles. The van der Waals surface area contributed by atoms with Gasteiger partial charge in [-0.3, -0.25) is 9.97 Å². The third kappa shape index (κ3) is 3.62. The van der Waals surface area contributed by atoms with Crippen molar-refractivity contribution in [3.05, 3.63) is 85.2 Å². The molecule has 3 aromatic heterocycles. The number of hydrogen-bond acceptors (Lipinski definition) is 5. The van der Waals surface area contributed by atoms with E-state index in [-0.39, 0.29) is 0 Å². The lowest BCUT2D eigenvalue weighted by Gasteiger charge is -2.10. The molecule has 0 bridgehead atoms. The zero-order valence-corrected chi connectivity index (χ0v) is 14.4. The Balaban J connectivity index is 1.76. The SMILES string of the molecule is OB(O)c1ccccc1-c1ccnc(-c2cccc(-c3ccccn3)n2)c1. The third-order valence-corrected chi connectivity index (χ3v) is 4.25. The Kier molecular flexibility index (Phi) is 4.74. The molecule has 0 atom stereocenters. The second-order valence-corrected chi connectivity index (χ2v) is 6.01. The van der Waals surface area contributed by atoms with Crippen LogP contribution >= 0.6 is 0 Å². The maximum absolute atomic E-state index is 9.64. The summed E-state index contributed by atoms with van der Waals surface area (Å²) in [6.07, 6.45) is 3.43. The van der Waals surface area contributed by atoms with Crippen molar-refractivity contribution in [3.8, 4) is 33.9 Å². The normalized spacial score (nSPS) is 10.6. The average molecular weight is 353 g/mol. The largest absolute Gasteiger partial charge is 0.489 e. The number of aromatic nitrogens is 3. The molecule has 1 aromatic carbocycles. The Morgan fingerprint density at radius 2 is 1.33 bits per heavy atom. The summed E-state index contributed by atoms with van der Waals surface area (Å²) in [5.74, 6) is 0. The maximum Gasteiger partial charge on any atom is 0.489 e. The topological polar surface area (TPSA) is 79.1 Å². The van der Waals surface area contributed by atoms with Crippen molar-refractivity contribution in [1.82, 2.24) is 15.0 Å². The van der Waals surface area contributed by atoms with Gasteiger partial charge in [0.25, 0.3) is 0 Å². The van der Waals surface area contributed by atoms with Crippen LogP contribution in [0.4, 0.5) is 0 Å². The van der Waals surface area contributed by atoms with Crippen molar-refractivity contribution >= 4 is 12.6 Å². The molecule has 4 rings (SSSR count). The summed E-state index contributed by atoms with van der Waals surface area (Å²) in [5, 5.41) is 19.3. The highest BCUT2D eigenvalue weighted by Crippen LogP contribution is 2.24. The molecule has 4 aromatic rings. The molecule has 0 fully saturated rings. The summed E-state index contributed by atoms with van der Waals surface area (Å²) in [4.78, 5) is 13.5. The predicted molar refractivity (Wildman–Crippen MR) is 106 cm³/mol. The zero-order chi connectivity index (χ0) is 18.6. The Hall–Kier alpha value is -3.35. The first-order chi connectivity index (χ1) is 13.2. The van der Waals surface area contributed by atoms with Gasteiger partial charge in [0.2, 0.25) is 0 Å². The molecule has 130 valence electrons. The summed E-state index contributed by atoms with van der Waals surface area (Å²) in [5.41, 5.74) is 5.03. The monoisotopic (exact) mass is 353 g/mol. The van der Waals surface area contributed by atoms with E-state index in [4.69, 9.17) is 0 Å². The van der Waals surface area contributed by atoms with E-state index >= 15 is 0 Å². The van der Waals surface area contributed by atoms with Crippen LogP contribution < -0.4 is 5.46 Å². The van der Waals surface area contributed by atoms with Gasteiger partial charge in [-0.2, -0.15) is 0 Å². The van der Waals surface area contributed by atoms with Crippen LogP contribution in [0.5, 0.6) is 0 Å². The molecule has 0 saturated carbocycles. The van der Waals surface area contributed by atoms with Gasteiger partial charge >= 0.3 is 7.12 Å². The summed E-state index contributed by atoms with van der Waals surface area (Å²) in [6, 6.07) is 22.3. The molecule has 0 amide bonds. The molecule has 0 radical (unpaired) electrons. The maximum atomic E-state index is 9.64. The molecule has 27 heavy (non-hydrogen) atoms. The first-order valence-corrected chi connectivity index (χ1v) is 8.53. The molecule has 0 unspecified atom stereocenters. The first kappa shape index (κ1) is 17.1. The standard InChI is InChI=1S/C21H16BN3O2/c26-22(27)17-7-2-1-6-16(17)15-11-13-24-21(14-15)20-10-5-9-19(25-20)18-8-3-4-12-23-18/h1-14,26-27H. The highest BCUT2D eigenvalue weighted by atomic mass is 16.4. The van der Waals surface area contributed by atoms with Crippen molar-refractivity contribution in [3.63, 3.8) is 0 Å². The van der Waals surface area contributed by atoms with Gasteiger partial charge in [0.1, 0.15) is 0 Å². The van der Waals surface area contributed by atoms with E-state index in [0.717, 1.165) is 28.2 Å². The van der Waals surface area contributed by atoms with Gasteiger partial charge < -0.3 is 10.0 Å². The van der Waals surface area contributed by atoms with E-state index in [0.29, 0.717) is 11.2 Å². The van der Waals surface area contributed by atoms with Crippen LogP contribution in [-0.2, 0) is 0 Å². The number of benzene rings is 1. The number of rotatable bonds is 4. The van der Waals surface area contributed by atoms with Crippen LogP contribution in [0.15, 0.2) is 85.2 Å². The van der Waals surface area contributed by atoms with Crippen LogP contribution in [0.25, 0.3) is 33.9 Å². The summed E-state index contributed by atoms with van der Waals surface area (Å²) in [7, 11) is -1.54. The van der Waals surface area contributed by atoms with Gasteiger partial charge in [0.15, 0.2) is 0 Å². The van der Waals surface area contributed by atoms with Gasteiger partial charge in [0, 0.05) is 12.4 Å². The summed E-state index contributed by atoms with van der Waals surface area (Å²) in [6.45, 7) is 0. The fraction of sp³-hybridized carbons (Fsp3) is 0. The first-order valence-electron chi connectivity index (χ1n) is 8.53. The van der Waals surface area contributed by atoms with E-state index in [2.05, 4.69) is 15.0 Å². The van der Waals surface area contributed by atoms with Crippen molar-refractivity contribution in [1.29, 1.82) is 0 Å². The van der Waals surface area contributed by atoms with Crippen LogP contribution in [0.1, 0.15) is 0 Å². The van der Waals surface area contributed by atoms with Gasteiger partial charge in [0.05, 0.1) is 22.8 Å². The van der Waals surface area contributed by atoms with Crippen LogP contribution in [0, 0.1) is 0 Å². The van der Waals surface area contributed by atoms with Gasteiger partial charge in [-0.25, -0.2) is 4.98 Å². The lowest BCUT2D eigenvalue weighted by atomic mass is 9.75. The fourth-order valence-electron chi connectivity index (χ4n) is 2.96. The van der Waals surface area contributed by atoms with E-state index in [1.807, 2.05) is 60.7 Å². The zero-order valence-electron chi connectivity index (χ0n) is 14.4. The third-order valence-electron chi connectivity index (χ3n) is 4.25. The van der Waals surface area contributed by atoms with Gasteiger partial charge in [-0.05, 0) is 53.0 Å². The Bertz CT molecular complexity index is 1070. The minimum absolute atomic E-state index is 0.449. The summed E-state index contributed by atoms with van der Waals surface area (Å²) < 4.78 is 0. The number of pyridine rings is 3. The highest BCUT2D eigenvalue weighted by molar-refractivity contribution is 6.60. The highest BCUT2D eigenvalue weighted by Gasteiger charge is 2.17. The van der Waals surface area contributed by atoms with E-state index in [1.165, 1.54) is 0 Å². The summed E-state index contributed by atoms with van der Waals surface area (Å²) >= 11 is 0. The Labute approximate surface area is 157 Å². The van der Waals surface area contributed by atoms with Crippen LogP contribution in [-0.4, -0.2) is 32.1 Å². The molecule has 3 heterocycles. The molecule has 2 N–H and O–H groups in total. The fourth-order valence-corrected chi connectivity index (χ4v) is 2.96. The molecule has 0 spiro atoms. The Morgan fingerprint density at radius 1 is 0.630 bits per heavy atom. The molecular weight excluding hydrogens is 337 g/mol. The molecule has 0 aliphatic rings.